The van der Waals surface area contributed by atoms with Gasteiger partial charge in [-0.05, 0) is 48.9 Å². The molecule has 0 saturated carbocycles. The van der Waals surface area contributed by atoms with Gasteiger partial charge in [0.15, 0.2) is 0 Å². The number of carbonyl (C=O) groups excluding carboxylic acids is 1. The number of nitrogens with zero attached hydrogens (tertiary/aromatic N) is 4. The summed E-state index contributed by atoms with van der Waals surface area (Å²) in [6.07, 6.45) is 1.22. The molecule has 0 saturated heterocycles. The van der Waals surface area contributed by atoms with Crippen LogP contribution in [0.3, 0.4) is 0 Å². The summed E-state index contributed by atoms with van der Waals surface area (Å²) in [5.74, 6) is -0.0136. The van der Waals surface area contributed by atoms with Gasteiger partial charge in [0.1, 0.15) is 11.5 Å². The van der Waals surface area contributed by atoms with E-state index in [4.69, 9.17) is 9.72 Å². The van der Waals surface area contributed by atoms with Crippen molar-refractivity contribution in [2.75, 3.05) is 30.9 Å². The van der Waals surface area contributed by atoms with Crippen LogP contribution < -0.4 is 10.6 Å². The van der Waals surface area contributed by atoms with Crippen LogP contribution in [-0.2, 0) is 10.9 Å². The zero-order valence-electron chi connectivity index (χ0n) is 20.0. The predicted molar refractivity (Wildman–Crippen MR) is 133 cm³/mol. The van der Waals surface area contributed by atoms with E-state index in [1.807, 2.05) is 19.1 Å². The minimum Gasteiger partial charge on any atom is -0.383 e. The molecular weight excluding hydrogens is 485 g/mol. The van der Waals surface area contributed by atoms with E-state index in [-0.39, 0.29) is 5.56 Å². The largest absolute Gasteiger partial charge is 0.433 e. The topological polar surface area (TPSA) is 102 Å². The molecule has 0 aliphatic heterocycles. The lowest BCUT2D eigenvalue weighted by Crippen LogP contribution is -2.15. The second-order valence-electron chi connectivity index (χ2n) is 8.05. The summed E-state index contributed by atoms with van der Waals surface area (Å²) in [4.78, 5) is 29.3. The molecule has 0 radical (unpaired) electrons. The van der Waals surface area contributed by atoms with Crippen molar-refractivity contribution in [1.82, 2.24) is 19.9 Å². The van der Waals surface area contributed by atoms with Crippen LogP contribution in [-0.4, -0.2) is 46.1 Å². The number of anilines is 2. The molecule has 0 spiro atoms. The zero-order valence-corrected chi connectivity index (χ0v) is 20.0. The number of amides is 1. The lowest BCUT2D eigenvalue weighted by molar-refractivity contribution is -0.141. The van der Waals surface area contributed by atoms with E-state index in [9.17, 15) is 18.0 Å². The van der Waals surface area contributed by atoms with E-state index in [1.165, 1.54) is 6.07 Å². The van der Waals surface area contributed by atoms with Gasteiger partial charge in [0.05, 0.1) is 30.4 Å². The highest BCUT2D eigenvalue weighted by Gasteiger charge is 2.33. The maximum absolute atomic E-state index is 13.0. The maximum Gasteiger partial charge on any atom is 0.433 e. The Bertz CT molecular complexity index is 1410. The van der Waals surface area contributed by atoms with Gasteiger partial charge in [-0.3, -0.25) is 14.8 Å². The third-order valence-corrected chi connectivity index (χ3v) is 5.39. The Labute approximate surface area is 211 Å². The number of methoxy groups -OCH3 is 1. The third-order valence-electron chi connectivity index (χ3n) is 5.39. The molecule has 1 aromatic carbocycles. The average Bonchev–Trinajstić information content (AvgIpc) is 2.90. The van der Waals surface area contributed by atoms with E-state index >= 15 is 0 Å². The molecule has 0 atom stereocenters. The summed E-state index contributed by atoms with van der Waals surface area (Å²) in [6, 6.07) is 10.8. The molecule has 0 fully saturated rings. The number of rotatable bonds is 8. The van der Waals surface area contributed by atoms with Crippen molar-refractivity contribution in [1.29, 1.82) is 0 Å². The van der Waals surface area contributed by atoms with E-state index in [2.05, 4.69) is 25.6 Å². The molecule has 0 bridgehead atoms. The Kier molecular flexibility index (Phi) is 7.73. The van der Waals surface area contributed by atoms with E-state index in [0.29, 0.717) is 47.7 Å². The second-order valence-corrected chi connectivity index (χ2v) is 8.05. The van der Waals surface area contributed by atoms with Gasteiger partial charge >= 0.3 is 6.18 Å². The van der Waals surface area contributed by atoms with Crippen molar-refractivity contribution in [2.45, 2.75) is 13.1 Å². The number of pyridine rings is 2. The van der Waals surface area contributed by atoms with Crippen LogP contribution in [0.1, 0.15) is 21.6 Å². The zero-order chi connectivity index (χ0) is 26.4. The summed E-state index contributed by atoms with van der Waals surface area (Å²) < 4.78 is 44.0. The van der Waals surface area contributed by atoms with Gasteiger partial charge in [0.2, 0.25) is 0 Å². The SMILES string of the molecule is COCCNc1cc(-c2cncc(-c3cc(NC(=O)c4ccnc(C(F)(F)F)c4)ccc3C)n2)ccn1. The predicted octanol–water partition coefficient (Wildman–Crippen LogP) is 5.24. The molecule has 11 heteroatoms. The number of aryl methyl sites for hydroxylation is 1. The Morgan fingerprint density at radius 2 is 1.78 bits per heavy atom. The Balaban J connectivity index is 1.58. The van der Waals surface area contributed by atoms with Crippen LogP contribution in [0.2, 0.25) is 0 Å². The normalized spacial score (nSPS) is 11.3. The fourth-order valence-electron chi connectivity index (χ4n) is 3.51. The van der Waals surface area contributed by atoms with Crippen molar-refractivity contribution in [2.24, 2.45) is 0 Å². The highest BCUT2D eigenvalue weighted by molar-refractivity contribution is 6.04. The third kappa shape index (κ3) is 6.44. The van der Waals surface area contributed by atoms with Crippen LogP contribution in [0, 0.1) is 6.92 Å². The first-order chi connectivity index (χ1) is 17.7. The number of alkyl halides is 3. The van der Waals surface area contributed by atoms with Crippen molar-refractivity contribution < 1.29 is 22.7 Å². The molecule has 1 amide bonds. The quantitative estimate of drug-likeness (QED) is 0.314. The number of halogens is 3. The monoisotopic (exact) mass is 508 g/mol. The average molecular weight is 509 g/mol. The Hall–Kier alpha value is -4.38. The molecule has 3 aromatic heterocycles. The first-order valence-electron chi connectivity index (χ1n) is 11.2. The van der Waals surface area contributed by atoms with Crippen LogP contribution in [0.4, 0.5) is 24.7 Å². The van der Waals surface area contributed by atoms with E-state index in [1.54, 1.807) is 43.9 Å². The van der Waals surface area contributed by atoms with Gasteiger partial charge in [0, 0.05) is 48.4 Å². The van der Waals surface area contributed by atoms with Gasteiger partial charge in [-0.15, -0.1) is 0 Å². The standard InChI is InChI=1S/C26H23F3N6O2/c1-16-3-4-19(34-25(36)18-6-7-31-23(11-18)26(27,28)29)13-20(16)22-15-30-14-21(35-22)17-5-8-32-24(12-17)33-9-10-37-2/h3-8,11-15H,9-10H2,1-2H3,(H,32,33)(H,34,36). The fraction of sp³-hybridized carbons (Fsp3) is 0.192. The van der Waals surface area contributed by atoms with Gasteiger partial charge < -0.3 is 15.4 Å². The van der Waals surface area contributed by atoms with Crippen LogP contribution in [0.25, 0.3) is 22.5 Å². The number of carbonyl (C=O) groups is 1. The van der Waals surface area contributed by atoms with Gasteiger partial charge in [-0.2, -0.15) is 13.2 Å². The lowest BCUT2D eigenvalue weighted by atomic mass is 10.0. The fourth-order valence-corrected chi connectivity index (χ4v) is 3.51. The summed E-state index contributed by atoms with van der Waals surface area (Å²) in [5, 5.41) is 5.81. The van der Waals surface area contributed by atoms with Crippen LogP contribution in [0.15, 0.2) is 67.3 Å². The number of aromatic nitrogens is 4. The highest BCUT2D eigenvalue weighted by Crippen LogP contribution is 2.29. The van der Waals surface area contributed by atoms with Crippen molar-refractivity contribution in [3.8, 4) is 22.5 Å². The molecule has 4 aromatic rings. The van der Waals surface area contributed by atoms with Crippen molar-refractivity contribution in [3.63, 3.8) is 0 Å². The van der Waals surface area contributed by atoms with E-state index < -0.39 is 17.8 Å². The molecule has 4 rings (SSSR count). The number of nitrogens with one attached hydrogen (secondary N) is 2. The number of benzene rings is 1. The first-order valence-corrected chi connectivity index (χ1v) is 11.2. The highest BCUT2D eigenvalue weighted by atomic mass is 19.4. The van der Waals surface area contributed by atoms with Gasteiger partial charge in [0.25, 0.3) is 5.91 Å². The molecule has 0 unspecified atom stereocenters. The molecular formula is C26H23F3N6O2. The molecule has 3 heterocycles. The molecule has 0 aliphatic carbocycles. The molecule has 2 N–H and O–H groups in total. The van der Waals surface area contributed by atoms with Crippen LogP contribution in [0.5, 0.6) is 0 Å². The molecule has 0 aliphatic rings. The summed E-state index contributed by atoms with van der Waals surface area (Å²) >= 11 is 0. The lowest BCUT2D eigenvalue weighted by Gasteiger charge is -2.12. The summed E-state index contributed by atoms with van der Waals surface area (Å²) in [7, 11) is 1.62. The second kappa shape index (κ2) is 11.1. The van der Waals surface area contributed by atoms with E-state index in [0.717, 1.165) is 17.3 Å². The Morgan fingerprint density at radius 1 is 1.00 bits per heavy atom. The van der Waals surface area contributed by atoms with Gasteiger partial charge in [-0.1, -0.05) is 6.07 Å². The molecule has 190 valence electrons. The number of hydrogen-bond donors (Lipinski definition) is 2. The minimum atomic E-state index is -4.65. The smallest absolute Gasteiger partial charge is 0.383 e. The van der Waals surface area contributed by atoms with Crippen molar-refractivity contribution in [3.05, 3.63) is 84.1 Å². The van der Waals surface area contributed by atoms with Crippen LogP contribution >= 0.6 is 0 Å². The van der Waals surface area contributed by atoms with Crippen molar-refractivity contribution >= 4 is 17.4 Å². The summed E-state index contributed by atoms with van der Waals surface area (Å²) in [5.41, 5.74) is 2.71. The Morgan fingerprint density at radius 3 is 2.57 bits per heavy atom. The summed E-state index contributed by atoms with van der Waals surface area (Å²) in [6.45, 7) is 3.03. The molecule has 8 nitrogen and oxygen atoms in total. The molecule has 37 heavy (non-hydrogen) atoms. The van der Waals surface area contributed by atoms with Gasteiger partial charge in [-0.25, -0.2) is 9.97 Å². The first kappa shape index (κ1) is 25.7. The maximum atomic E-state index is 13.0. The number of ether oxygens (including phenoxy) is 1. The number of hydrogen-bond acceptors (Lipinski definition) is 7. The minimum absolute atomic E-state index is 0.154.